The zero-order chi connectivity index (χ0) is 35.4. The highest BCUT2D eigenvalue weighted by Gasteiger charge is 2.35. The number of carbonyl (C=O) groups excluding carboxylic acids is 2. The minimum absolute atomic E-state index is 0.150. The van der Waals surface area contributed by atoms with Crippen molar-refractivity contribution < 1.29 is 22.8 Å². The molecule has 1 fully saturated rings. The summed E-state index contributed by atoms with van der Waals surface area (Å²) in [6.07, 6.45) is 1.22. The van der Waals surface area contributed by atoms with Crippen molar-refractivity contribution in [3.63, 3.8) is 0 Å². The number of H-pyrrole nitrogens is 1. The first-order chi connectivity index (χ1) is 23.9. The van der Waals surface area contributed by atoms with Crippen molar-refractivity contribution in [3.05, 3.63) is 100 Å². The van der Waals surface area contributed by atoms with Crippen LogP contribution in [0.15, 0.2) is 72.9 Å². The predicted octanol–water partition coefficient (Wildman–Crippen LogP) is 7.33. The van der Waals surface area contributed by atoms with E-state index in [9.17, 15) is 22.8 Å². The third-order valence-corrected chi connectivity index (χ3v) is 10.3. The van der Waals surface area contributed by atoms with Crippen LogP contribution in [0.5, 0.6) is 0 Å². The van der Waals surface area contributed by atoms with Gasteiger partial charge < -0.3 is 20.1 Å². The molecule has 2 aliphatic heterocycles. The third kappa shape index (κ3) is 8.71. The number of rotatable bonds is 11. The number of halogens is 4. The molecule has 0 radical (unpaired) electrons. The summed E-state index contributed by atoms with van der Waals surface area (Å²) in [6.45, 7) is 2.95. The van der Waals surface area contributed by atoms with Gasteiger partial charge in [-0.1, -0.05) is 48.0 Å². The molecule has 2 aliphatic rings. The number of anilines is 1. The second-order valence-electron chi connectivity index (χ2n) is 14.2. The fourth-order valence-electron chi connectivity index (χ4n) is 7.68. The van der Waals surface area contributed by atoms with Gasteiger partial charge in [0, 0.05) is 60.3 Å². The van der Waals surface area contributed by atoms with E-state index in [2.05, 4.69) is 20.1 Å². The first-order valence-corrected chi connectivity index (χ1v) is 17.8. The molecule has 4 aromatic rings. The largest absolute Gasteiger partial charge is 0.416 e. The highest BCUT2D eigenvalue weighted by molar-refractivity contribution is 6.30. The number of aromatic amines is 1. The Morgan fingerprint density at radius 3 is 2.50 bits per heavy atom. The molecule has 0 aliphatic carbocycles. The van der Waals surface area contributed by atoms with Crippen LogP contribution < -0.4 is 10.2 Å². The summed E-state index contributed by atoms with van der Waals surface area (Å²) in [5.41, 5.74) is 3.48. The predicted molar refractivity (Wildman–Crippen MR) is 192 cm³/mol. The normalized spacial score (nSPS) is 18.0. The van der Waals surface area contributed by atoms with E-state index in [1.165, 1.54) is 6.07 Å². The van der Waals surface area contributed by atoms with Crippen LogP contribution in [0.25, 0.3) is 10.9 Å². The second-order valence-corrected chi connectivity index (χ2v) is 14.6. The van der Waals surface area contributed by atoms with E-state index in [-0.39, 0.29) is 42.2 Å². The van der Waals surface area contributed by atoms with E-state index in [0.29, 0.717) is 37.5 Å². The van der Waals surface area contributed by atoms with E-state index in [4.69, 9.17) is 11.6 Å². The fourth-order valence-corrected chi connectivity index (χ4v) is 7.87. The molecule has 2 amide bonds. The number of benzene rings is 3. The van der Waals surface area contributed by atoms with Crippen LogP contribution in [0.4, 0.5) is 18.9 Å². The number of fused-ring (bicyclic) bond motifs is 2. The Balaban J connectivity index is 1.13. The second kappa shape index (κ2) is 15.6. The maximum atomic E-state index is 14.5. The molecular formula is C39H45ClF3N5O2. The van der Waals surface area contributed by atoms with Gasteiger partial charge in [0.25, 0.3) is 0 Å². The molecule has 6 rings (SSSR count). The average Bonchev–Trinajstić information content (AvgIpc) is 3.49. The van der Waals surface area contributed by atoms with Crippen molar-refractivity contribution in [1.29, 1.82) is 0 Å². The molecule has 2 atom stereocenters. The Kier molecular flexibility index (Phi) is 11.2. The standard InChI is InChI=1S/C39H45ClF3N5O2/c1-46(2)23-27-19-29-20-31(40)12-13-36(29)48(24-27)38(50)35(21-30-22-44-34-10-6-4-8-32(30)34)45-37(49)14-11-26-15-17-47(18-16-26)25-28-7-3-5-9-33(28)39(41,42)43/h3-10,12-13,20,22,26-27,35,44H,11,14-19,21,23-25H2,1-2H3,(H,45,49)/t27-,35-/m1/s1. The molecule has 7 nitrogen and oxygen atoms in total. The van der Waals surface area contributed by atoms with Gasteiger partial charge in [-0.05, 0) is 112 Å². The Labute approximate surface area is 296 Å². The Morgan fingerprint density at radius 1 is 1.00 bits per heavy atom. The van der Waals surface area contributed by atoms with Crippen molar-refractivity contribution in [3.8, 4) is 0 Å². The number of amides is 2. The number of nitrogens with one attached hydrogen (secondary N) is 2. The van der Waals surface area contributed by atoms with Gasteiger partial charge in [-0.15, -0.1) is 0 Å². The average molecular weight is 708 g/mol. The molecule has 0 saturated carbocycles. The van der Waals surface area contributed by atoms with Crippen molar-refractivity contribution in [2.24, 2.45) is 11.8 Å². The van der Waals surface area contributed by atoms with Crippen LogP contribution in [0.2, 0.25) is 5.02 Å². The van der Waals surface area contributed by atoms with E-state index >= 15 is 0 Å². The lowest BCUT2D eigenvalue weighted by Gasteiger charge is -2.37. The van der Waals surface area contributed by atoms with Crippen LogP contribution in [-0.4, -0.2) is 72.9 Å². The van der Waals surface area contributed by atoms with Gasteiger partial charge in [0.2, 0.25) is 11.8 Å². The van der Waals surface area contributed by atoms with Crippen LogP contribution >= 0.6 is 11.6 Å². The molecule has 0 spiro atoms. The number of hydrogen-bond donors (Lipinski definition) is 2. The molecule has 11 heteroatoms. The van der Waals surface area contributed by atoms with Gasteiger partial charge in [-0.25, -0.2) is 0 Å². The Morgan fingerprint density at radius 2 is 1.74 bits per heavy atom. The van der Waals surface area contributed by atoms with Gasteiger partial charge in [-0.3, -0.25) is 14.5 Å². The number of piperidine rings is 1. The minimum atomic E-state index is -4.38. The van der Waals surface area contributed by atoms with E-state index in [1.54, 1.807) is 18.2 Å². The third-order valence-electron chi connectivity index (χ3n) is 10.1. The topological polar surface area (TPSA) is 71.7 Å². The number of alkyl halides is 3. The number of nitrogens with zero attached hydrogens (tertiary/aromatic N) is 3. The Hall–Kier alpha value is -3.86. The van der Waals surface area contributed by atoms with Crippen LogP contribution in [0.1, 0.15) is 47.9 Å². The summed E-state index contributed by atoms with van der Waals surface area (Å²) >= 11 is 6.39. The highest BCUT2D eigenvalue weighted by Crippen LogP contribution is 2.35. The summed E-state index contributed by atoms with van der Waals surface area (Å²) in [5, 5.41) is 4.76. The van der Waals surface area contributed by atoms with Crippen molar-refractivity contribution in [2.75, 3.05) is 45.2 Å². The van der Waals surface area contributed by atoms with Crippen molar-refractivity contribution >= 4 is 40.0 Å². The number of carbonyl (C=O) groups is 2. The number of likely N-dealkylation sites (tertiary alicyclic amines) is 1. The summed E-state index contributed by atoms with van der Waals surface area (Å²) < 4.78 is 40.5. The number of hydrogen-bond acceptors (Lipinski definition) is 4. The lowest BCUT2D eigenvalue weighted by Crippen LogP contribution is -2.53. The van der Waals surface area contributed by atoms with Gasteiger partial charge in [-0.2, -0.15) is 13.2 Å². The van der Waals surface area contributed by atoms with E-state index in [0.717, 1.165) is 59.6 Å². The maximum absolute atomic E-state index is 14.5. The van der Waals surface area contributed by atoms with Crippen LogP contribution in [0, 0.1) is 11.8 Å². The van der Waals surface area contributed by atoms with E-state index < -0.39 is 17.8 Å². The SMILES string of the molecule is CN(C)C[C@H]1Cc2cc(Cl)ccc2N(C(=O)[C@@H](Cc2c[nH]c3ccccc23)NC(=O)CCC2CCN(Cc3ccccc3C(F)(F)F)CC2)C1. The number of para-hydroxylation sites is 1. The summed E-state index contributed by atoms with van der Waals surface area (Å²) in [7, 11) is 4.05. The molecule has 0 unspecified atom stereocenters. The maximum Gasteiger partial charge on any atom is 0.416 e. The van der Waals surface area contributed by atoms with Gasteiger partial charge >= 0.3 is 6.18 Å². The molecule has 266 valence electrons. The Bertz CT molecular complexity index is 1800. The zero-order valence-electron chi connectivity index (χ0n) is 28.6. The highest BCUT2D eigenvalue weighted by atomic mass is 35.5. The number of aromatic nitrogens is 1. The minimum Gasteiger partial charge on any atom is -0.361 e. The smallest absolute Gasteiger partial charge is 0.361 e. The zero-order valence-corrected chi connectivity index (χ0v) is 29.4. The van der Waals surface area contributed by atoms with Crippen molar-refractivity contribution in [1.82, 2.24) is 20.1 Å². The quantitative estimate of drug-likeness (QED) is 0.171. The van der Waals surface area contributed by atoms with Crippen LogP contribution in [-0.2, 0) is 35.2 Å². The molecule has 50 heavy (non-hydrogen) atoms. The summed E-state index contributed by atoms with van der Waals surface area (Å²) in [6, 6.07) is 18.6. The van der Waals surface area contributed by atoms with Gasteiger partial charge in [0.05, 0.1) is 5.56 Å². The monoisotopic (exact) mass is 707 g/mol. The molecular weight excluding hydrogens is 663 g/mol. The lowest BCUT2D eigenvalue weighted by molar-refractivity contribution is -0.138. The first kappa shape index (κ1) is 35.9. The van der Waals surface area contributed by atoms with Crippen LogP contribution in [0.3, 0.4) is 0 Å². The van der Waals surface area contributed by atoms with E-state index in [1.807, 2.05) is 61.6 Å². The molecule has 3 aromatic carbocycles. The molecule has 2 N–H and O–H groups in total. The first-order valence-electron chi connectivity index (χ1n) is 17.4. The molecule has 3 heterocycles. The molecule has 1 aromatic heterocycles. The van der Waals surface area contributed by atoms with Crippen molar-refractivity contribution in [2.45, 2.75) is 57.3 Å². The summed E-state index contributed by atoms with van der Waals surface area (Å²) in [4.78, 5) is 37.4. The summed E-state index contributed by atoms with van der Waals surface area (Å²) in [5.74, 6) is 0.159. The molecule has 0 bridgehead atoms. The fraction of sp³-hybridized carbons (Fsp3) is 0.436. The lowest BCUT2D eigenvalue weighted by atomic mass is 9.90. The van der Waals surface area contributed by atoms with Gasteiger partial charge in [0.1, 0.15) is 6.04 Å². The van der Waals surface area contributed by atoms with Gasteiger partial charge in [0.15, 0.2) is 0 Å². The molecule has 1 saturated heterocycles.